The van der Waals surface area contributed by atoms with Gasteiger partial charge >= 0.3 is 6.09 Å². The monoisotopic (exact) mass is 269 g/mol. The lowest BCUT2D eigenvalue weighted by Crippen LogP contribution is -2.19. The van der Waals surface area contributed by atoms with Crippen molar-refractivity contribution in [3.63, 3.8) is 0 Å². The molecule has 0 aliphatic carbocycles. The SMILES string of the molecule is COc1cccc([C@H]2OC(=O)N[C@@H]2c2ccccc2)c1. The fourth-order valence-electron chi connectivity index (χ4n) is 2.42. The van der Waals surface area contributed by atoms with Gasteiger partial charge in [0.1, 0.15) is 5.75 Å². The minimum atomic E-state index is -0.397. The van der Waals surface area contributed by atoms with Gasteiger partial charge in [-0.2, -0.15) is 0 Å². The third kappa shape index (κ3) is 2.32. The number of hydrogen-bond acceptors (Lipinski definition) is 3. The van der Waals surface area contributed by atoms with Gasteiger partial charge in [-0.05, 0) is 23.3 Å². The molecule has 102 valence electrons. The Hall–Kier alpha value is -2.49. The Morgan fingerprint density at radius 1 is 1.05 bits per heavy atom. The van der Waals surface area contributed by atoms with Crippen LogP contribution in [0.4, 0.5) is 4.79 Å². The first-order valence-corrected chi connectivity index (χ1v) is 6.44. The fraction of sp³-hybridized carbons (Fsp3) is 0.188. The van der Waals surface area contributed by atoms with Gasteiger partial charge in [0.15, 0.2) is 6.10 Å². The molecule has 1 aliphatic heterocycles. The first-order chi connectivity index (χ1) is 9.78. The van der Waals surface area contributed by atoms with Gasteiger partial charge in [0, 0.05) is 0 Å². The van der Waals surface area contributed by atoms with Crippen LogP contribution in [-0.4, -0.2) is 13.2 Å². The number of cyclic esters (lactones) is 1. The zero-order valence-corrected chi connectivity index (χ0v) is 11.1. The lowest BCUT2D eigenvalue weighted by molar-refractivity contribution is 0.132. The van der Waals surface area contributed by atoms with Crippen LogP contribution in [0.2, 0.25) is 0 Å². The van der Waals surface area contributed by atoms with Crippen molar-refractivity contribution in [3.8, 4) is 5.75 Å². The fourth-order valence-corrected chi connectivity index (χ4v) is 2.42. The largest absolute Gasteiger partial charge is 0.497 e. The van der Waals surface area contributed by atoms with Gasteiger partial charge < -0.3 is 14.8 Å². The van der Waals surface area contributed by atoms with Crippen LogP contribution < -0.4 is 10.1 Å². The van der Waals surface area contributed by atoms with Crippen LogP contribution in [0, 0.1) is 0 Å². The van der Waals surface area contributed by atoms with Gasteiger partial charge in [-0.1, -0.05) is 42.5 Å². The maximum atomic E-state index is 11.6. The summed E-state index contributed by atoms with van der Waals surface area (Å²) >= 11 is 0. The molecule has 1 saturated heterocycles. The Balaban J connectivity index is 1.96. The minimum absolute atomic E-state index is 0.184. The molecular formula is C16H15NO3. The van der Waals surface area contributed by atoms with E-state index in [1.54, 1.807) is 7.11 Å². The van der Waals surface area contributed by atoms with E-state index in [0.29, 0.717) is 0 Å². The van der Waals surface area contributed by atoms with E-state index in [1.807, 2.05) is 54.6 Å². The van der Waals surface area contributed by atoms with Crippen molar-refractivity contribution < 1.29 is 14.3 Å². The Labute approximate surface area is 117 Å². The highest BCUT2D eigenvalue weighted by molar-refractivity contribution is 5.71. The van der Waals surface area contributed by atoms with Crippen molar-refractivity contribution in [2.24, 2.45) is 0 Å². The molecule has 4 heteroatoms. The van der Waals surface area contributed by atoms with Crippen LogP contribution in [0.1, 0.15) is 23.3 Å². The van der Waals surface area contributed by atoms with Crippen LogP contribution in [-0.2, 0) is 4.74 Å². The smallest absolute Gasteiger partial charge is 0.408 e. The lowest BCUT2D eigenvalue weighted by atomic mass is 9.96. The summed E-state index contributed by atoms with van der Waals surface area (Å²) in [6.45, 7) is 0. The second-order valence-electron chi connectivity index (χ2n) is 4.64. The maximum absolute atomic E-state index is 11.6. The summed E-state index contributed by atoms with van der Waals surface area (Å²) in [5.41, 5.74) is 1.93. The maximum Gasteiger partial charge on any atom is 0.408 e. The molecule has 1 aliphatic rings. The predicted molar refractivity (Wildman–Crippen MR) is 74.5 cm³/mol. The molecule has 0 radical (unpaired) electrons. The number of benzene rings is 2. The van der Waals surface area contributed by atoms with Crippen molar-refractivity contribution in [2.45, 2.75) is 12.1 Å². The molecule has 0 unspecified atom stereocenters. The number of nitrogens with one attached hydrogen (secondary N) is 1. The Kier molecular flexibility index (Phi) is 3.29. The summed E-state index contributed by atoms with van der Waals surface area (Å²) in [7, 11) is 1.62. The van der Waals surface area contributed by atoms with Gasteiger partial charge in [0.25, 0.3) is 0 Å². The Morgan fingerprint density at radius 3 is 2.55 bits per heavy atom. The van der Waals surface area contributed by atoms with E-state index in [9.17, 15) is 4.79 Å². The molecular weight excluding hydrogens is 254 g/mol. The molecule has 2 aromatic carbocycles. The number of ether oxygens (including phenoxy) is 2. The Morgan fingerprint density at radius 2 is 1.80 bits per heavy atom. The number of carbonyl (C=O) groups excluding carboxylic acids is 1. The molecule has 1 N–H and O–H groups in total. The van der Waals surface area contributed by atoms with Gasteiger partial charge in [-0.15, -0.1) is 0 Å². The summed E-state index contributed by atoms with van der Waals surface area (Å²) in [5, 5.41) is 2.85. The van der Waals surface area contributed by atoms with Gasteiger partial charge in [-0.25, -0.2) is 4.79 Å². The summed E-state index contributed by atoms with van der Waals surface area (Å²) in [6, 6.07) is 17.2. The van der Waals surface area contributed by atoms with Crippen LogP contribution in [0.25, 0.3) is 0 Å². The molecule has 1 amide bonds. The molecule has 3 rings (SSSR count). The van der Waals surface area contributed by atoms with E-state index in [-0.39, 0.29) is 12.1 Å². The molecule has 0 aromatic heterocycles. The van der Waals surface area contributed by atoms with Crippen molar-refractivity contribution in [2.75, 3.05) is 7.11 Å². The van der Waals surface area contributed by atoms with Crippen LogP contribution in [0.5, 0.6) is 5.75 Å². The lowest BCUT2D eigenvalue weighted by Gasteiger charge is -2.18. The molecule has 1 fully saturated rings. The topological polar surface area (TPSA) is 47.6 Å². The molecule has 0 bridgehead atoms. The highest BCUT2D eigenvalue weighted by Gasteiger charge is 2.36. The van der Waals surface area contributed by atoms with Gasteiger partial charge in [0.05, 0.1) is 13.2 Å². The van der Waals surface area contributed by atoms with Crippen molar-refractivity contribution in [1.29, 1.82) is 0 Å². The highest BCUT2D eigenvalue weighted by atomic mass is 16.6. The van der Waals surface area contributed by atoms with E-state index in [0.717, 1.165) is 16.9 Å². The highest BCUT2D eigenvalue weighted by Crippen LogP contribution is 2.37. The normalized spacial score (nSPS) is 21.1. The number of amides is 1. The number of carbonyl (C=O) groups is 1. The van der Waals surface area contributed by atoms with E-state index >= 15 is 0 Å². The zero-order chi connectivity index (χ0) is 13.9. The van der Waals surface area contributed by atoms with Crippen LogP contribution >= 0.6 is 0 Å². The van der Waals surface area contributed by atoms with Gasteiger partial charge in [0.2, 0.25) is 0 Å². The van der Waals surface area contributed by atoms with Crippen molar-refractivity contribution in [1.82, 2.24) is 5.32 Å². The molecule has 4 nitrogen and oxygen atoms in total. The van der Waals surface area contributed by atoms with Crippen molar-refractivity contribution >= 4 is 6.09 Å². The number of hydrogen-bond donors (Lipinski definition) is 1. The van der Waals surface area contributed by atoms with Gasteiger partial charge in [-0.3, -0.25) is 0 Å². The average molecular weight is 269 g/mol. The summed E-state index contributed by atoms with van der Waals surface area (Å²) < 4.78 is 10.6. The molecule has 2 atom stereocenters. The summed E-state index contributed by atoms with van der Waals surface area (Å²) in [5.74, 6) is 0.747. The molecule has 2 aromatic rings. The summed E-state index contributed by atoms with van der Waals surface area (Å²) in [4.78, 5) is 11.6. The first-order valence-electron chi connectivity index (χ1n) is 6.44. The quantitative estimate of drug-likeness (QED) is 0.930. The Bertz CT molecular complexity index is 612. The second-order valence-corrected chi connectivity index (χ2v) is 4.64. The zero-order valence-electron chi connectivity index (χ0n) is 11.1. The molecule has 20 heavy (non-hydrogen) atoms. The summed E-state index contributed by atoms with van der Waals surface area (Å²) in [6.07, 6.45) is -0.744. The standard InChI is InChI=1S/C16H15NO3/c1-19-13-9-5-8-12(10-13)15-14(17-16(18)20-15)11-6-3-2-4-7-11/h2-10,14-15H,1H3,(H,17,18)/t14-,15-/m1/s1. The van der Waals surface area contributed by atoms with E-state index in [1.165, 1.54) is 0 Å². The van der Waals surface area contributed by atoms with E-state index in [2.05, 4.69) is 5.32 Å². The third-order valence-corrected chi connectivity index (χ3v) is 3.39. The van der Waals surface area contributed by atoms with Crippen LogP contribution in [0.15, 0.2) is 54.6 Å². The van der Waals surface area contributed by atoms with Crippen molar-refractivity contribution in [3.05, 3.63) is 65.7 Å². The van der Waals surface area contributed by atoms with E-state index in [4.69, 9.17) is 9.47 Å². The first kappa shape index (κ1) is 12.5. The molecule has 1 heterocycles. The number of rotatable bonds is 3. The minimum Gasteiger partial charge on any atom is -0.497 e. The number of methoxy groups -OCH3 is 1. The predicted octanol–water partition coefficient (Wildman–Crippen LogP) is 3.22. The number of alkyl carbamates (subject to hydrolysis) is 1. The average Bonchev–Trinajstić information content (AvgIpc) is 2.90. The molecule has 0 spiro atoms. The molecule has 0 saturated carbocycles. The van der Waals surface area contributed by atoms with E-state index < -0.39 is 6.09 Å². The third-order valence-electron chi connectivity index (χ3n) is 3.39. The second kappa shape index (κ2) is 5.25. The van der Waals surface area contributed by atoms with Crippen LogP contribution in [0.3, 0.4) is 0 Å².